The molecule has 1 N–H and O–H groups in total. The van der Waals surface area contributed by atoms with Gasteiger partial charge in [0, 0.05) is 12.5 Å². The molecule has 1 aromatic rings. The number of rotatable bonds is 4. The van der Waals surface area contributed by atoms with Gasteiger partial charge in [-0.1, -0.05) is 11.6 Å². The van der Waals surface area contributed by atoms with Crippen LogP contribution in [0.5, 0.6) is 11.5 Å². The molecule has 1 atom stereocenters. The van der Waals surface area contributed by atoms with Gasteiger partial charge < -0.3 is 19.5 Å². The zero-order valence-corrected chi connectivity index (χ0v) is 13.5. The summed E-state index contributed by atoms with van der Waals surface area (Å²) in [6.07, 6.45) is 1.83. The zero-order chi connectivity index (χ0) is 16.4. The Morgan fingerprint density at radius 1 is 1.30 bits per heavy atom. The number of hydrogen-bond donors (Lipinski definition) is 1. The summed E-state index contributed by atoms with van der Waals surface area (Å²) in [4.78, 5) is 24.1. The van der Waals surface area contributed by atoms with E-state index in [2.05, 4.69) is 5.32 Å². The van der Waals surface area contributed by atoms with Crippen molar-refractivity contribution >= 4 is 23.5 Å². The molecule has 0 saturated heterocycles. The number of carbonyl (C=O) groups excluding carboxylic acids is 2. The van der Waals surface area contributed by atoms with Gasteiger partial charge in [-0.2, -0.15) is 0 Å². The zero-order valence-electron chi connectivity index (χ0n) is 12.8. The molecule has 6 nitrogen and oxygen atoms in total. The van der Waals surface area contributed by atoms with Gasteiger partial charge in [0.15, 0.2) is 17.6 Å². The van der Waals surface area contributed by atoms with Gasteiger partial charge >= 0.3 is 5.97 Å². The van der Waals surface area contributed by atoms with E-state index in [9.17, 15) is 9.59 Å². The van der Waals surface area contributed by atoms with E-state index in [1.807, 2.05) is 0 Å². The lowest BCUT2D eigenvalue weighted by Gasteiger charge is -2.15. The average molecular weight is 340 g/mol. The minimum Gasteiger partial charge on any atom is -0.489 e. The van der Waals surface area contributed by atoms with Crippen LogP contribution in [0.2, 0.25) is 5.02 Å². The Morgan fingerprint density at radius 2 is 2.04 bits per heavy atom. The van der Waals surface area contributed by atoms with Gasteiger partial charge in [-0.05, 0) is 31.9 Å². The van der Waals surface area contributed by atoms with Crippen LogP contribution in [0.3, 0.4) is 0 Å². The van der Waals surface area contributed by atoms with Gasteiger partial charge in [0.2, 0.25) is 0 Å². The molecule has 0 unspecified atom stereocenters. The Labute approximate surface area is 139 Å². The number of amides is 1. The molecule has 0 radical (unpaired) electrons. The molecule has 1 heterocycles. The molecule has 0 aromatic heterocycles. The Bertz CT molecular complexity index is 629. The summed E-state index contributed by atoms with van der Waals surface area (Å²) >= 11 is 6.15. The van der Waals surface area contributed by atoms with E-state index in [0.717, 1.165) is 19.3 Å². The first kappa shape index (κ1) is 15.9. The van der Waals surface area contributed by atoms with Crippen LogP contribution in [0, 0.1) is 0 Å². The third kappa shape index (κ3) is 3.88. The van der Waals surface area contributed by atoms with Crippen LogP contribution < -0.4 is 14.8 Å². The number of fused-ring (bicyclic) bond motifs is 1. The molecule has 124 valence electrons. The first-order valence-electron chi connectivity index (χ1n) is 7.65. The number of benzene rings is 1. The van der Waals surface area contributed by atoms with Crippen molar-refractivity contribution < 1.29 is 23.8 Å². The molecular formula is C16H18ClNO5. The van der Waals surface area contributed by atoms with Crippen LogP contribution in [0.15, 0.2) is 12.1 Å². The van der Waals surface area contributed by atoms with Gasteiger partial charge in [-0.25, -0.2) is 4.79 Å². The first-order chi connectivity index (χ1) is 11.0. The van der Waals surface area contributed by atoms with Crippen LogP contribution in [0.4, 0.5) is 0 Å². The van der Waals surface area contributed by atoms with Crippen molar-refractivity contribution in [2.24, 2.45) is 0 Å². The fourth-order valence-electron chi connectivity index (χ4n) is 2.18. The maximum atomic E-state index is 12.2. The van der Waals surface area contributed by atoms with E-state index < -0.39 is 12.1 Å². The van der Waals surface area contributed by atoms with Gasteiger partial charge in [-0.3, -0.25) is 4.79 Å². The van der Waals surface area contributed by atoms with Crippen molar-refractivity contribution in [3.8, 4) is 11.5 Å². The van der Waals surface area contributed by atoms with Crippen molar-refractivity contribution in [3.63, 3.8) is 0 Å². The monoisotopic (exact) mass is 339 g/mol. The molecule has 1 aliphatic carbocycles. The molecular weight excluding hydrogens is 322 g/mol. The summed E-state index contributed by atoms with van der Waals surface area (Å²) in [7, 11) is 0. The molecule has 0 spiro atoms. The highest BCUT2D eigenvalue weighted by Gasteiger charge is 2.28. The summed E-state index contributed by atoms with van der Waals surface area (Å²) in [6.45, 7) is 2.54. The number of ether oxygens (including phenoxy) is 3. The fourth-order valence-corrected chi connectivity index (χ4v) is 2.44. The average Bonchev–Trinajstić information content (AvgIpc) is 3.33. The number of carbonyl (C=O) groups is 2. The first-order valence-corrected chi connectivity index (χ1v) is 8.03. The molecule has 2 aliphatic rings. The molecule has 3 rings (SSSR count). The third-order valence-corrected chi connectivity index (χ3v) is 3.90. The Morgan fingerprint density at radius 3 is 2.78 bits per heavy atom. The smallest absolute Gasteiger partial charge is 0.339 e. The van der Waals surface area contributed by atoms with Crippen LogP contribution in [0.25, 0.3) is 0 Å². The largest absolute Gasteiger partial charge is 0.489 e. The van der Waals surface area contributed by atoms with Crippen molar-refractivity contribution in [1.29, 1.82) is 0 Å². The third-order valence-electron chi connectivity index (χ3n) is 3.61. The van der Waals surface area contributed by atoms with E-state index in [0.29, 0.717) is 24.7 Å². The highest BCUT2D eigenvalue weighted by molar-refractivity contribution is 6.32. The molecule has 0 bridgehead atoms. The van der Waals surface area contributed by atoms with Crippen LogP contribution in [-0.2, 0) is 9.53 Å². The van der Waals surface area contributed by atoms with Gasteiger partial charge in [0.25, 0.3) is 5.91 Å². The number of halogens is 1. The highest BCUT2D eigenvalue weighted by Crippen LogP contribution is 2.38. The molecule has 23 heavy (non-hydrogen) atoms. The molecule has 7 heteroatoms. The minimum atomic E-state index is -0.863. The maximum absolute atomic E-state index is 12.2. The predicted molar refractivity (Wildman–Crippen MR) is 83.1 cm³/mol. The molecule has 1 amide bonds. The Kier molecular flexibility index (Phi) is 4.61. The predicted octanol–water partition coefficient (Wildman–Crippen LogP) is 2.33. The van der Waals surface area contributed by atoms with E-state index in [1.165, 1.54) is 12.1 Å². The second kappa shape index (κ2) is 6.66. The van der Waals surface area contributed by atoms with E-state index in [4.69, 9.17) is 25.8 Å². The lowest BCUT2D eigenvalue weighted by atomic mass is 10.2. The quantitative estimate of drug-likeness (QED) is 0.852. The summed E-state index contributed by atoms with van der Waals surface area (Å²) in [5.41, 5.74) is 0.227. The Balaban J connectivity index is 1.70. The SMILES string of the molecule is C[C@@H](OC(=O)c1cc(Cl)c2c(c1)OCCCO2)C(=O)NC1CC1. The van der Waals surface area contributed by atoms with Gasteiger partial charge in [0.05, 0.1) is 23.8 Å². The molecule has 1 fully saturated rings. The number of nitrogens with one attached hydrogen (secondary N) is 1. The number of esters is 1. The maximum Gasteiger partial charge on any atom is 0.339 e. The normalized spacial score (nSPS) is 17.8. The van der Waals surface area contributed by atoms with Crippen molar-refractivity contribution in [2.45, 2.75) is 38.3 Å². The summed E-state index contributed by atoms with van der Waals surface area (Å²) in [5, 5.41) is 3.08. The summed E-state index contributed by atoms with van der Waals surface area (Å²) in [5.74, 6) is -0.0699. The second-order valence-electron chi connectivity index (χ2n) is 5.67. The molecule has 1 aliphatic heterocycles. The molecule has 1 saturated carbocycles. The fraction of sp³-hybridized carbons (Fsp3) is 0.500. The Hall–Kier alpha value is -1.95. The summed E-state index contributed by atoms with van der Waals surface area (Å²) in [6, 6.07) is 3.21. The van der Waals surface area contributed by atoms with Crippen LogP contribution >= 0.6 is 11.6 Å². The highest BCUT2D eigenvalue weighted by atomic mass is 35.5. The number of hydrogen-bond acceptors (Lipinski definition) is 5. The van der Waals surface area contributed by atoms with E-state index in [-0.39, 0.29) is 22.5 Å². The molecule has 1 aromatic carbocycles. The van der Waals surface area contributed by atoms with Crippen molar-refractivity contribution in [2.75, 3.05) is 13.2 Å². The summed E-state index contributed by atoms with van der Waals surface area (Å²) < 4.78 is 16.2. The topological polar surface area (TPSA) is 73.9 Å². The lowest BCUT2D eigenvalue weighted by Crippen LogP contribution is -2.37. The second-order valence-corrected chi connectivity index (χ2v) is 6.07. The minimum absolute atomic E-state index is 0.219. The standard InChI is InChI=1S/C16H18ClNO5/c1-9(15(19)18-11-3-4-11)23-16(20)10-7-12(17)14-13(8-10)21-5-2-6-22-14/h7-9,11H,2-6H2,1H3,(H,18,19)/t9-/m1/s1. The van der Waals surface area contributed by atoms with Gasteiger partial charge in [0.1, 0.15) is 0 Å². The van der Waals surface area contributed by atoms with E-state index in [1.54, 1.807) is 6.92 Å². The van der Waals surface area contributed by atoms with Crippen molar-refractivity contribution in [1.82, 2.24) is 5.32 Å². The van der Waals surface area contributed by atoms with Crippen LogP contribution in [-0.4, -0.2) is 37.2 Å². The van der Waals surface area contributed by atoms with Crippen LogP contribution in [0.1, 0.15) is 36.5 Å². The lowest BCUT2D eigenvalue weighted by molar-refractivity contribution is -0.129. The van der Waals surface area contributed by atoms with Gasteiger partial charge in [-0.15, -0.1) is 0 Å². The van der Waals surface area contributed by atoms with Crippen molar-refractivity contribution in [3.05, 3.63) is 22.7 Å². The van der Waals surface area contributed by atoms with E-state index >= 15 is 0 Å².